The average Bonchev–Trinajstić information content (AvgIpc) is 2.84. The fraction of sp³-hybridized carbons (Fsp3) is 0.357. The number of aromatic nitrogens is 1. The molecule has 0 spiro atoms. The Morgan fingerprint density at radius 3 is 2.64 bits per heavy atom. The van der Waals surface area contributed by atoms with E-state index in [-0.39, 0.29) is 10.9 Å². The molecule has 120 valence electrons. The van der Waals surface area contributed by atoms with Crippen LogP contribution in [0, 0.1) is 5.82 Å². The maximum atomic E-state index is 13.4. The van der Waals surface area contributed by atoms with E-state index in [4.69, 9.17) is 28.3 Å². The predicted octanol–water partition coefficient (Wildman–Crippen LogP) is 4.32. The Labute approximate surface area is 146 Å². The van der Waals surface area contributed by atoms with Crippen molar-refractivity contribution in [1.29, 1.82) is 0 Å². The van der Waals surface area contributed by atoms with Crippen LogP contribution in [-0.4, -0.2) is 14.3 Å². The van der Waals surface area contributed by atoms with Gasteiger partial charge in [0.05, 0.1) is 10.7 Å². The highest BCUT2D eigenvalue weighted by molar-refractivity contribution is 7.90. The van der Waals surface area contributed by atoms with Crippen LogP contribution in [0.2, 0.25) is 9.49 Å². The van der Waals surface area contributed by atoms with Gasteiger partial charge in [-0.05, 0) is 31.5 Å². The topological polar surface area (TPSA) is 62.0 Å². The molecule has 0 aliphatic rings. The van der Waals surface area contributed by atoms with E-state index in [2.05, 4.69) is 4.98 Å². The lowest BCUT2D eigenvalue weighted by atomic mass is 9.84. The van der Waals surface area contributed by atoms with Gasteiger partial charge in [0.2, 0.25) is 0 Å². The summed E-state index contributed by atoms with van der Waals surface area (Å²) < 4.78 is 25.1. The average molecular weight is 381 g/mol. The van der Waals surface area contributed by atoms with E-state index in [0.717, 1.165) is 11.3 Å². The summed E-state index contributed by atoms with van der Waals surface area (Å²) in [5, 5.41) is 7.53. The number of nitrogens with two attached hydrogens (primary N) is 1. The van der Waals surface area contributed by atoms with E-state index >= 15 is 0 Å². The first-order valence-electron chi connectivity index (χ1n) is 6.43. The molecule has 0 radical (unpaired) electrons. The minimum Gasteiger partial charge on any atom is -0.598 e. The molecular weight excluding hydrogens is 366 g/mol. The zero-order valence-electron chi connectivity index (χ0n) is 12.0. The van der Waals surface area contributed by atoms with Gasteiger partial charge in [0, 0.05) is 29.1 Å². The molecule has 1 heterocycles. The van der Waals surface area contributed by atoms with Gasteiger partial charge < -0.3 is 4.55 Å². The van der Waals surface area contributed by atoms with Crippen LogP contribution in [0.5, 0.6) is 0 Å². The number of halogens is 3. The molecule has 0 aliphatic heterocycles. The summed E-state index contributed by atoms with van der Waals surface area (Å²) >= 11 is 11.5. The summed E-state index contributed by atoms with van der Waals surface area (Å²) in [4.78, 5) is 4.23. The highest BCUT2D eigenvalue weighted by Gasteiger charge is 2.41. The first-order valence-corrected chi connectivity index (χ1v) is 9.27. The lowest BCUT2D eigenvalue weighted by Gasteiger charge is -2.33. The second-order valence-corrected chi connectivity index (χ2v) is 8.92. The molecule has 0 saturated carbocycles. The first kappa shape index (κ1) is 18.0. The Balaban J connectivity index is 2.42. The van der Waals surface area contributed by atoms with Crippen LogP contribution < -0.4 is 5.14 Å². The number of hydrogen-bond donors (Lipinski definition) is 1. The number of rotatable bonds is 5. The largest absolute Gasteiger partial charge is 0.598 e. The van der Waals surface area contributed by atoms with Crippen molar-refractivity contribution in [2.75, 3.05) is 0 Å². The fourth-order valence-corrected chi connectivity index (χ4v) is 3.70. The Bertz CT molecular complexity index is 664. The molecule has 2 atom stereocenters. The molecule has 0 fully saturated rings. The van der Waals surface area contributed by atoms with Crippen molar-refractivity contribution in [3.63, 3.8) is 0 Å². The standard InChI is InChI=1S/C14H15Cl2FN2OS2/c1-14(2,22(18)20)10(6-9-7-21-13(16)19-9)8-3-4-12(17)11(15)5-8/h3-5,7,10H,6,18H2,1-2H3. The molecule has 22 heavy (non-hydrogen) atoms. The number of nitrogens with zero attached hydrogens (tertiary/aromatic N) is 1. The highest BCUT2D eigenvalue weighted by Crippen LogP contribution is 2.37. The Hall–Kier alpha value is -0.370. The van der Waals surface area contributed by atoms with E-state index in [1.165, 1.54) is 17.4 Å². The van der Waals surface area contributed by atoms with Gasteiger partial charge in [0.1, 0.15) is 10.6 Å². The van der Waals surface area contributed by atoms with Crippen LogP contribution in [-0.2, 0) is 17.8 Å². The lowest BCUT2D eigenvalue weighted by Crippen LogP contribution is -2.44. The Kier molecular flexibility index (Phi) is 5.74. The van der Waals surface area contributed by atoms with Crippen molar-refractivity contribution in [2.45, 2.75) is 30.9 Å². The molecule has 0 saturated heterocycles. The molecule has 1 aromatic heterocycles. The third kappa shape index (κ3) is 3.93. The quantitative estimate of drug-likeness (QED) is 0.785. The summed E-state index contributed by atoms with van der Waals surface area (Å²) in [7, 11) is 0. The summed E-state index contributed by atoms with van der Waals surface area (Å²) in [5.41, 5.74) is 1.54. The van der Waals surface area contributed by atoms with Crippen molar-refractivity contribution in [1.82, 2.24) is 4.98 Å². The monoisotopic (exact) mass is 380 g/mol. The summed E-state index contributed by atoms with van der Waals surface area (Å²) in [6, 6.07) is 4.48. The van der Waals surface area contributed by atoms with E-state index in [9.17, 15) is 8.94 Å². The van der Waals surface area contributed by atoms with Crippen molar-refractivity contribution in [3.8, 4) is 0 Å². The highest BCUT2D eigenvalue weighted by atomic mass is 35.5. The van der Waals surface area contributed by atoms with Gasteiger partial charge >= 0.3 is 0 Å². The maximum absolute atomic E-state index is 13.4. The van der Waals surface area contributed by atoms with E-state index < -0.39 is 21.9 Å². The van der Waals surface area contributed by atoms with Gasteiger partial charge in [0.15, 0.2) is 4.47 Å². The van der Waals surface area contributed by atoms with Crippen LogP contribution in [0.25, 0.3) is 0 Å². The van der Waals surface area contributed by atoms with Crippen molar-refractivity contribution in [2.24, 2.45) is 5.14 Å². The predicted molar refractivity (Wildman–Crippen MR) is 91.4 cm³/mol. The SMILES string of the molecule is CC(C)(C(Cc1csc(Cl)n1)c1ccc(F)c(Cl)c1)[S+](N)[O-]. The molecule has 3 nitrogen and oxygen atoms in total. The molecule has 0 amide bonds. The molecule has 0 bridgehead atoms. The minimum atomic E-state index is -1.58. The normalized spacial score (nSPS) is 14.9. The third-order valence-corrected chi connectivity index (χ3v) is 6.28. The van der Waals surface area contributed by atoms with Gasteiger partial charge in [-0.1, -0.05) is 29.3 Å². The van der Waals surface area contributed by atoms with Gasteiger partial charge in [-0.3, -0.25) is 0 Å². The van der Waals surface area contributed by atoms with Crippen LogP contribution in [0.4, 0.5) is 4.39 Å². The molecule has 2 aromatic rings. The van der Waals surface area contributed by atoms with Crippen molar-refractivity contribution < 1.29 is 8.94 Å². The minimum absolute atomic E-state index is 0.0254. The molecule has 2 N–H and O–H groups in total. The number of benzene rings is 1. The van der Waals surface area contributed by atoms with Gasteiger partial charge in [-0.25, -0.2) is 9.37 Å². The fourth-order valence-electron chi connectivity index (χ4n) is 2.22. The Morgan fingerprint density at radius 1 is 1.45 bits per heavy atom. The summed E-state index contributed by atoms with van der Waals surface area (Å²) in [5.74, 6) is -0.734. The molecule has 0 aliphatic carbocycles. The molecule has 2 unspecified atom stereocenters. The Morgan fingerprint density at radius 2 is 2.14 bits per heavy atom. The van der Waals surface area contributed by atoms with Crippen LogP contribution in [0.3, 0.4) is 0 Å². The van der Waals surface area contributed by atoms with Crippen LogP contribution in [0.15, 0.2) is 23.6 Å². The molecule has 2 rings (SSSR count). The van der Waals surface area contributed by atoms with Crippen molar-refractivity contribution in [3.05, 3.63) is 50.1 Å². The van der Waals surface area contributed by atoms with Gasteiger partial charge in [0.25, 0.3) is 0 Å². The van der Waals surface area contributed by atoms with Crippen molar-refractivity contribution >= 4 is 45.9 Å². The second kappa shape index (κ2) is 7.03. The second-order valence-electron chi connectivity index (χ2n) is 5.42. The molecule has 8 heteroatoms. The number of hydrogen-bond acceptors (Lipinski definition) is 4. The maximum Gasteiger partial charge on any atom is 0.183 e. The summed E-state index contributed by atoms with van der Waals surface area (Å²) in [6.45, 7) is 3.61. The van der Waals surface area contributed by atoms with E-state index in [0.29, 0.717) is 10.9 Å². The van der Waals surface area contributed by atoms with Gasteiger partial charge in [-0.2, -0.15) is 5.14 Å². The number of thiazole rings is 1. The smallest absolute Gasteiger partial charge is 0.183 e. The lowest BCUT2D eigenvalue weighted by molar-refractivity contribution is 0.478. The van der Waals surface area contributed by atoms with Crippen LogP contribution in [0.1, 0.15) is 31.0 Å². The van der Waals surface area contributed by atoms with Gasteiger partial charge in [-0.15, -0.1) is 11.3 Å². The van der Waals surface area contributed by atoms with E-state index in [1.807, 2.05) is 5.38 Å². The zero-order valence-corrected chi connectivity index (χ0v) is 15.1. The summed E-state index contributed by atoms with van der Waals surface area (Å²) in [6.07, 6.45) is 0.487. The zero-order chi connectivity index (χ0) is 16.5. The van der Waals surface area contributed by atoms with Crippen LogP contribution >= 0.6 is 34.5 Å². The molecular formula is C14H15Cl2FN2OS2. The molecule has 1 aromatic carbocycles. The first-order chi connectivity index (χ1) is 10.2. The third-order valence-electron chi connectivity index (χ3n) is 3.64. The van der Waals surface area contributed by atoms with E-state index in [1.54, 1.807) is 26.0 Å².